The van der Waals surface area contributed by atoms with Gasteiger partial charge in [0.05, 0.1) is 29.2 Å². The van der Waals surface area contributed by atoms with E-state index in [-0.39, 0.29) is 0 Å². The first kappa shape index (κ1) is 14.5. The number of methoxy groups -OCH3 is 1. The van der Waals surface area contributed by atoms with Gasteiger partial charge in [0.15, 0.2) is 0 Å². The molecule has 0 unspecified atom stereocenters. The zero-order valence-electron chi connectivity index (χ0n) is 10.7. The third kappa shape index (κ3) is 3.16. The van der Waals surface area contributed by atoms with Crippen molar-refractivity contribution in [3.05, 3.63) is 33.0 Å². The van der Waals surface area contributed by atoms with E-state index in [0.717, 1.165) is 32.6 Å². The summed E-state index contributed by atoms with van der Waals surface area (Å²) in [5.74, 6) is 0.753. The molecule has 5 nitrogen and oxygen atoms in total. The highest BCUT2D eigenvalue weighted by atomic mass is 79.9. The fraction of sp³-hybridized carbons (Fsp3) is 0.333. The maximum Gasteiger partial charge on any atom is 0.135 e. The number of nitrogens with one attached hydrogen (secondary N) is 1. The van der Waals surface area contributed by atoms with Crippen LogP contribution in [0.5, 0.6) is 5.75 Å². The molecule has 0 aliphatic heterocycles. The fourth-order valence-corrected chi connectivity index (χ4v) is 2.99. The lowest BCUT2D eigenvalue weighted by Crippen LogP contribution is -2.15. The molecule has 7 heteroatoms. The van der Waals surface area contributed by atoms with Crippen molar-refractivity contribution in [3.63, 3.8) is 0 Å². The Morgan fingerprint density at radius 2 is 2.11 bits per heavy atom. The molecule has 102 valence electrons. The molecule has 1 heterocycles. The minimum absolute atomic E-state index is 0.717. The highest BCUT2D eigenvalue weighted by molar-refractivity contribution is 9.11. The van der Waals surface area contributed by atoms with Gasteiger partial charge in [-0.05, 0) is 44.5 Å². The molecule has 1 aromatic carbocycles. The van der Waals surface area contributed by atoms with E-state index in [9.17, 15) is 0 Å². The molecule has 0 aliphatic carbocycles. The van der Waals surface area contributed by atoms with E-state index >= 15 is 0 Å². The Balaban J connectivity index is 2.44. The van der Waals surface area contributed by atoms with Gasteiger partial charge in [-0.15, -0.1) is 5.10 Å². The van der Waals surface area contributed by atoms with Crippen LogP contribution in [-0.4, -0.2) is 28.6 Å². The zero-order valence-corrected chi connectivity index (χ0v) is 13.8. The van der Waals surface area contributed by atoms with Crippen molar-refractivity contribution in [1.82, 2.24) is 20.3 Å². The molecule has 1 N–H and O–H groups in total. The Hall–Kier alpha value is -0.920. The van der Waals surface area contributed by atoms with Crippen molar-refractivity contribution in [2.24, 2.45) is 0 Å². The van der Waals surface area contributed by atoms with Crippen molar-refractivity contribution >= 4 is 31.9 Å². The molecule has 0 aliphatic rings. The van der Waals surface area contributed by atoms with Gasteiger partial charge in [0.1, 0.15) is 5.75 Å². The Morgan fingerprint density at radius 1 is 1.32 bits per heavy atom. The van der Waals surface area contributed by atoms with Crippen LogP contribution in [0.4, 0.5) is 0 Å². The summed E-state index contributed by atoms with van der Waals surface area (Å²) in [6.07, 6.45) is 1.75. The quantitative estimate of drug-likeness (QED) is 0.854. The average molecular weight is 390 g/mol. The van der Waals surface area contributed by atoms with E-state index in [1.54, 1.807) is 18.0 Å². The molecule has 0 fully saturated rings. The number of hydrogen-bond acceptors (Lipinski definition) is 4. The van der Waals surface area contributed by atoms with Gasteiger partial charge in [-0.3, -0.25) is 0 Å². The van der Waals surface area contributed by atoms with E-state index in [0.29, 0.717) is 6.54 Å². The second-order valence-electron chi connectivity index (χ2n) is 3.86. The minimum atomic E-state index is 0.717. The van der Waals surface area contributed by atoms with E-state index in [1.165, 1.54) is 0 Å². The van der Waals surface area contributed by atoms with Crippen molar-refractivity contribution in [1.29, 1.82) is 0 Å². The SMILES string of the molecule is CCNCc1cnnn1-c1cc(OC)c(Br)cc1Br. The summed E-state index contributed by atoms with van der Waals surface area (Å²) >= 11 is 6.99. The third-order valence-corrected chi connectivity index (χ3v) is 3.88. The first-order valence-corrected chi connectivity index (χ1v) is 7.39. The summed E-state index contributed by atoms with van der Waals surface area (Å²) in [7, 11) is 1.64. The second-order valence-corrected chi connectivity index (χ2v) is 5.56. The van der Waals surface area contributed by atoms with Crippen molar-refractivity contribution in [2.75, 3.05) is 13.7 Å². The van der Waals surface area contributed by atoms with Crippen molar-refractivity contribution in [2.45, 2.75) is 13.5 Å². The Bertz CT molecular complexity index is 571. The zero-order chi connectivity index (χ0) is 13.8. The van der Waals surface area contributed by atoms with Gasteiger partial charge >= 0.3 is 0 Å². The summed E-state index contributed by atoms with van der Waals surface area (Å²) in [5.41, 5.74) is 1.89. The molecule has 0 spiro atoms. The van der Waals surface area contributed by atoms with Gasteiger partial charge in [-0.2, -0.15) is 0 Å². The molecule has 1 aromatic heterocycles. The molecule has 19 heavy (non-hydrogen) atoms. The third-order valence-electron chi connectivity index (χ3n) is 2.63. The maximum atomic E-state index is 5.31. The van der Waals surface area contributed by atoms with Crippen LogP contribution in [0.3, 0.4) is 0 Å². The van der Waals surface area contributed by atoms with Crippen LogP contribution in [0.2, 0.25) is 0 Å². The van der Waals surface area contributed by atoms with Crippen LogP contribution in [0.15, 0.2) is 27.3 Å². The first-order chi connectivity index (χ1) is 9.17. The smallest absolute Gasteiger partial charge is 0.135 e. The number of benzene rings is 1. The Kier molecular flexibility index (Phi) is 4.95. The van der Waals surface area contributed by atoms with Crippen molar-refractivity contribution < 1.29 is 4.74 Å². The molecule has 0 saturated carbocycles. The number of rotatable bonds is 5. The van der Waals surface area contributed by atoms with Crippen LogP contribution in [0, 0.1) is 0 Å². The van der Waals surface area contributed by atoms with Crippen LogP contribution in [0.25, 0.3) is 5.69 Å². The first-order valence-electron chi connectivity index (χ1n) is 5.81. The summed E-state index contributed by atoms with van der Waals surface area (Å²) in [6, 6.07) is 3.85. The molecular weight excluding hydrogens is 376 g/mol. The van der Waals surface area contributed by atoms with Crippen LogP contribution in [-0.2, 0) is 6.54 Å². The number of ether oxygens (including phenoxy) is 1. The Labute approximate surface area is 128 Å². The van der Waals surface area contributed by atoms with Gasteiger partial charge in [-0.1, -0.05) is 12.1 Å². The molecule has 0 atom stereocenters. The predicted octanol–water partition coefficient (Wildman–Crippen LogP) is 2.91. The predicted molar refractivity (Wildman–Crippen MR) is 80.7 cm³/mol. The van der Waals surface area contributed by atoms with Gasteiger partial charge in [0.2, 0.25) is 0 Å². The van der Waals surface area contributed by atoms with Gasteiger partial charge in [-0.25, -0.2) is 4.68 Å². The Morgan fingerprint density at radius 3 is 2.79 bits per heavy atom. The van der Waals surface area contributed by atoms with Gasteiger partial charge in [0.25, 0.3) is 0 Å². The fourth-order valence-electron chi connectivity index (χ4n) is 1.67. The summed E-state index contributed by atoms with van der Waals surface area (Å²) in [4.78, 5) is 0. The molecule has 0 radical (unpaired) electrons. The lowest BCUT2D eigenvalue weighted by atomic mass is 10.3. The van der Waals surface area contributed by atoms with Gasteiger partial charge < -0.3 is 10.1 Å². The maximum absolute atomic E-state index is 5.31. The van der Waals surface area contributed by atoms with E-state index < -0.39 is 0 Å². The second kappa shape index (κ2) is 6.49. The number of nitrogens with zero attached hydrogens (tertiary/aromatic N) is 3. The average Bonchev–Trinajstić information content (AvgIpc) is 2.84. The highest BCUT2D eigenvalue weighted by Crippen LogP contribution is 2.33. The molecule has 2 rings (SSSR count). The van der Waals surface area contributed by atoms with Crippen LogP contribution >= 0.6 is 31.9 Å². The standard InChI is InChI=1S/C12H14Br2N4O/c1-3-15-6-8-7-16-17-18(8)11-5-12(19-2)10(14)4-9(11)13/h4-5,7,15H,3,6H2,1-2H3. The summed E-state index contributed by atoms with van der Waals surface area (Å²) in [5, 5.41) is 11.4. The van der Waals surface area contributed by atoms with Gasteiger partial charge in [0, 0.05) is 17.1 Å². The molecular formula is C12H14Br2N4O. The number of halogens is 2. The van der Waals surface area contributed by atoms with E-state index in [1.807, 2.05) is 12.1 Å². The topological polar surface area (TPSA) is 52.0 Å². The lowest BCUT2D eigenvalue weighted by molar-refractivity contribution is 0.411. The summed E-state index contributed by atoms with van der Waals surface area (Å²) in [6.45, 7) is 3.68. The largest absolute Gasteiger partial charge is 0.495 e. The van der Waals surface area contributed by atoms with Crippen LogP contribution in [0.1, 0.15) is 12.6 Å². The number of hydrogen-bond donors (Lipinski definition) is 1. The lowest BCUT2D eigenvalue weighted by Gasteiger charge is -2.11. The molecule has 0 saturated heterocycles. The highest BCUT2D eigenvalue weighted by Gasteiger charge is 2.13. The minimum Gasteiger partial charge on any atom is -0.495 e. The number of aromatic nitrogens is 3. The molecule has 2 aromatic rings. The normalized spacial score (nSPS) is 10.7. The van der Waals surface area contributed by atoms with Crippen LogP contribution < -0.4 is 10.1 Å². The molecule has 0 amide bonds. The van der Waals surface area contributed by atoms with Crippen molar-refractivity contribution in [3.8, 4) is 11.4 Å². The summed E-state index contributed by atoms with van der Waals surface area (Å²) < 4.78 is 8.92. The van der Waals surface area contributed by atoms with E-state index in [4.69, 9.17) is 4.74 Å². The monoisotopic (exact) mass is 388 g/mol. The van der Waals surface area contributed by atoms with E-state index in [2.05, 4.69) is 54.4 Å². The molecule has 0 bridgehead atoms.